The average Bonchev–Trinajstić information content (AvgIpc) is 3.18. The van der Waals surface area contributed by atoms with Crippen molar-refractivity contribution in [2.75, 3.05) is 13.1 Å². The summed E-state index contributed by atoms with van der Waals surface area (Å²) in [7, 11) is 0. The minimum absolute atomic E-state index is 0. The second-order valence-electron chi connectivity index (χ2n) is 6.44. The summed E-state index contributed by atoms with van der Waals surface area (Å²) in [6.45, 7) is 5.45. The molecule has 4 unspecified atom stereocenters. The lowest BCUT2D eigenvalue weighted by Crippen LogP contribution is -2.47. The lowest BCUT2D eigenvalue weighted by atomic mass is 9.96. The van der Waals surface area contributed by atoms with Crippen LogP contribution in [0.1, 0.15) is 33.1 Å². The summed E-state index contributed by atoms with van der Waals surface area (Å²) in [5.74, 6) is 1.52. The molecule has 25 heavy (non-hydrogen) atoms. The van der Waals surface area contributed by atoms with Gasteiger partial charge in [-0.05, 0) is 45.2 Å². The highest BCUT2D eigenvalue weighted by Gasteiger charge is 2.41. The van der Waals surface area contributed by atoms with E-state index in [0.29, 0.717) is 35.6 Å². The monoisotopic (exact) mass is 479 g/mol. The first-order valence-corrected chi connectivity index (χ1v) is 9.15. The molecule has 1 aromatic carbocycles. The first-order chi connectivity index (χ1) is 11.7. The molecule has 0 aromatic heterocycles. The van der Waals surface area contributed by atoms with E-state index in [2.05, 4.69) is 22.5 Å². The molecule has 1 aromatic rings. The van der Waals surface area contributed by atoms with Crippen molar-refractivity contribution < 1.29 is 9.47 Å². The number of fused-ring (bicyclic) bond motifs is 2. The van der Waals surface area contributed by atoms with Gasteiger partial charge in [0.15, 0.2) is 5.96 Å². The van der Waals surface area contributed by atoms with Crippen molar-refractivity contribution in [3.05, 3.63) is 29.3 Å². The van der Waals surface area contributed by atoms with E-state index in [-0.39, 0.29) is 30.1 Å². The molecule has 7 heteroatoms. The smallest absolute Gasteiger partial charge is 0.191 e. The predicted molar refractivity (Wildman–Crippen MR) is 112 cm³/mol. The van der Waals surface area contributed by atoms with Gasteiger partial charge >= 0.3 is 0 Å². The molecule has 140 valence electrons. The van der Waals surface area contributed by atoms with Crippen LogP contribution in [0, 0.1) is 0 Å². The van der Waals surface area contributed by atoms with Gasteiger partial charge in [-0.1, -0.05) is 23.7 Å². The molecular weight excluding hydrogens is 453 g/mol. The second-order valence-corrected chi connectivity index (χ2v) is 6.85. The van der Waals surface area contributed by atoms with E-state index >= 15 is 0 Å². The minimum Gasteiger partial charge on any atom is -0.487 e. The molecule has 0 amide bonds. The van der Waals surface area contributed by atoms with Gasteiger partial charge in [0.1, 0.15) is 11.9 Å². The van der Waals surface area contributed by atoms with Crippen molar-refractivity contribution in [2.24, 2.45) is 4.99 Å². The molecule has 2 aliphatic heterocycles. The van der Waals surface area contributed by atoms with Crippen LogP contribution in [0.2, 0.25) is 5.02 Å². The number of ether oxygens (including phenoxy) is 2. The quantitative estimate of drug-likeness (QED) is 0.372. The van der Waals surface area contributed by atoms with Gasteiger partial charge in [-0.3, -0.25) is 0 Å². The maximum Gasteiger partial charge on any atom is 0.191 e. The summed E-state index contributed by atoms with van der Waals surface area (Å²) in [4.78, 5) is 4.66. The highest BCUT2D eigenvalue weighted by atomic mass is 127. The first-order valence-electron chi connectivity index (χ1n) is 8.77. The molecule has 2 bridgehead atoms. The van der Waals surface area contributed by atoms with Crippen LogP contribution in [0.25, 0.3) is 0 Å². The summed E-state index contributed by atoms with van der Waals surface area (Å²) in [5.41, 5.74) is 0. The SMILES string of the molecule is CCNC(=NCC(C)Oc1ccccc1Cl)NC1CC2CCC1O2.I. The van der Waals surface area contributed by atoms with E-state index in [4.69, 9.17) is 21.1 Å². The van der Waals surface area contributed by atoms with Gasteiger partial charge in [-0.25, -0.2) is 4.99 Å². The van der Waals surface area contributed by atoms with Crippen LogP contribution in [0.4, 0.5) is 0 Å². The van der Waals surface area contributed by atoms with Crippen LogP contribution in [0.5, 0.6) is 5.75 Å². The Morgan fingerprint density at radius 1 is 1.40 bits per heavy atom. The molecule has 0 radical (unpaired) electrons. The maximum atomic E-state index is 6.13. The summed E-state index contributed by atoms with van der Waals surface area (Å²) < 4.78 is 11.8. The normalized spacial score (nSPS) is 26.0. The fourth-order valence-electron chi connectivity index (χ4n) is 3.30. The van der Waals surface area contributed by atoms with E-state index in [1.807, 2.05) is 31.2 Å². The topological polar surface area (TPSA) is 54.9 Å². The molecule has 3 rings (SSSR count). The standard InChI is InChI=1S/C18H26ClN3O2.HI/c1-3-20-18(22-15-10-13-8-9-17(15)24-13)21-11-12(2)23-16-7-5-4-6-14(16)19;/h4-7,12-13,15,17H,3,8-11H2,1-2H3,(H2,20,21,22);1H. The molecule has 5 nitrogen and oxygen atoms in total. The third-order valence-corrected chi connectivity index (χ3v) is 4.76. The van der Waals surface area contributed by atoms with Gasteiger partial charge in [0.25, 0.3) is 0 Å². The van der Waals surface area contributed by atoms with Crippen LogP contribution in [0.15, 0.2) is 29.3 Å². The molecule has 4 atom stereocenters. The van der Waals surface area contributed by atoms with Gasteiger partial charge in [-0.2, -0.15) is 0 Å². The van der Waals surface area contributed by atoms with Gasteiger partial charge in [0.05, 0.1) is 29.8 Å². The third kappa shape index (κ3) is 5.62. The molecular formula is C18H27ClIN3O2. The second kappa shape index (κ2) is 9.83. The van der Waals surface area contributed by atoms with Crippen molar-refractivity contribution in [2.45, 2.75) is 57.5 Å². The molecule has 2 N–H and O–H groups in total. The third-order valence-electron chi connectivity index (χ3n) is 4.44. The first kappa shape index (κ1) is 20.6. The van der Waals surface area contributed by atoms with Crippen LogP contribution in [0.3, 0.4) is 0 Å². The Morgan fingerprint density at radius 3 is 2.84 bits per heavy atom. The van der Waals surface area contributed by atoms with Gasteiger partial charge in [-0.15, -0.1) is 24.0 Å². The fraction of sp³-hybridized carbons (Fsp3) is 0.611. The van der Waals surface area contributed by atoms with Crippen LogP contribution >= 0.6 is 35.6 Å². The van der Waals surface area contributed by atoms with Gasteiger partial charge in [0, 0.05) is 6.54 Å². The Balaban J connectivity index is 0.00000225. The fourth-order valence-corrected chi connectivity index (χ4v) is 3.48. The summed E-state index contributed by atoms with van der Waals surface area (Å²) in [5, 5.41) is 7.44. The van der Waals surface area contributed by atoms with Crippen molar-refractivity contribution in [1.29, 1.82) is 0 Å². The van der Waals surface area contributed by atoms with Crippen molar-refractivity contribution in [1.82, 2.24) is 10.6 Å². The number of guanidine groups is 1. The Morgan fingerprint density at radius 2 is 2.20 bits per heavy atom. The van der Waals surface area contributed by atoms with Crippen molar-refractivity contribution in [3.8, 4) is 5.75 Å². The zero-order valence-electron chi connectivity index (χ0n) is 14.7. The lowest BCUT2D eigenvalue weighted by molar-refractivity contribution is 0.0992. The number of rotatable bonds is 6. The van der Waals surface area contributed by atoms with Crippen molar-refractivity contribution in [3.63, 3.8) is 0 Å². The molecule has 2 fully saturated rings. The number of nitrogens with zero attached hydrogens (tertiary/aromatic N) is 1. The lowest BCUT2D eigenvalue weighted by Gasteiger charge is -2.23. The largest absolute Gasteiger partial charge is 0.487 e. The Labute approximate surface area is 171 Å². The van der Waals surface area contributed by atoms with Gasteiger partial charge < -0.3 is 20.1 Å². The number of nitrogens with one attached hydrogen (secondary N) is 2. The van der Waals surface area contributed by atoms with E-state index in [1.54, 1.807) is 0 Å². The zero-order chi connectivity index (χ0) is 16.9. The highest BCUT2D eigenvalue weighted by molar-refractivity contribution is 14.0. The van der Waals surface area contributed by atoms with Crippen LogP contribution in [-0.4, -0.2) is 43.4 Å². The molecule has 0 saturated carbocycles. The van der Waals surface area contributed by atoms with Crippen molar-refractivity contribution >= 4 is 41.5 Å². The number of hydrogen-bond donors (Lipinski definition) is 2. The van der Waals surface area contributed by atoms with E-state index in [9.17, 15) is 0 Å². The van der Waals surface area contributed by atoms with E-state index in [0.717, 1.165) is 25.3 Å². The number of benzene rings is 1. The van der Waals surface area contributed by atoms with Gasteiger partial charge in [0.2, 0.25) is 0 Å². The van der Waals surface area contributed by atoms with E-state index in [1.165, 1.54) is 6.42 Å². The maximum absolute atomic E-state index is 6.13. The Bertz CT molecular complexity index is 587. The summed E-state index contributed by atoms with van der Waals surface area (Å²) in [6, 6.07) is 7.87. The molecule has 2 saturated heterocycles. The minimum atomic E-state index is -0.0587. The molecule has 0 spiro atoms. The summed E-state index contributed by atoms with van der Waals surface area (Å²) >= 11 is 6.13. The Hall–Kier alpha value is -0.730. The number of para-hydroxylation sites is 1. The zero-order valence-corrected chi connectivity index (χ0v) is 17.8. The molecule has 2 aliphatic rings. The predicted octanol–water partition coefficient (Wildman–Crippen LogP) is 3.60. The Kier molecular flexibility index (Phi) is 8.09. The number of hydrogen-bond acceptors (Lipinski definition) is 3. The number of halogens is 2. The average molecular weight is 480 g/mol. The summed E-state index contributed by atoms with van der Waals surface area (Å²) in [6.07, 6.45) is 4.11. The molecule has 2 heterocycles. The molecule has 0 aliphatic carbocycles. The highest BCUT2D eigenvalue weighted by Crippen LogP contribution is 2.34. The van der Waals surface area contributed by atoms with E-state index < -0.39 is 0 Å². The number of aliphatic imine (C=N–C) groups is 1. The van der Waals surface area contributed by atoms with Crippen LogP contribution < -0.4 is 15.4 Å². The van der Waals surface area contributed by atoms with Crippen LogP contribution in [-0.2, 0) is 4.74 Å².